The zero-order chi connectivity index (χ0) is 14.8. The van der Waals surface area contributed by atoms with Gasteiger partial charge in [0.25, 0.3) is 0 Å². The Bertz CT molecular complexity index is 598. The number of piperidine rings is 1. The summed E-state index contributed by atoms with van der Waals surface area (Å²) < 4.78 is 0. The van der Waals surface area contributed by atoms with Crippen LogP contribution in [-0.2, 0) is 13.0 Å². The number of aromatic amines is 2. The quantitative estimate of drug-likeness (QED) is 0.909. The number of aryl methyl sites for hydroxylation is 3. The van der Waals surface area contributed by atoms with Crippen LogP contribution in [0.2, 0.25) is 0 Å². The van der Waals surface area contributed by atoms with Crippen molar-refractivity contribution in [3.05, 3.63) is 34.7 Å². The highest BCUT2D eigenvalue weighted by Gasteiger charge is 2.24. The minimum atomic E-state index is 0.575. The fourth-order valence-electron chi connectivity index (χ4n) is 3.30. The highest BCUT2D eigenvalue weighted by atomic mass is 15.2. The zero-order valence-electron chi connectivity index (χ0n) is 13.2. The van der Waals surface area contributed by atoms with Crippen molar-refractivity contribution < 1.29 is 0 Å². The molecule has 0 unspecified atom stereocenters. The number of nitrogens with one attached hydrogen (secondary N) is 2. The first-order valence-corrected chi connectivity index (χ1v) is 7.94. The molecule has 0 aliphatic carbocycles. The zero-order valence-corrected chi connectivity index (χ0v) is 13.2. The SMILES string of the molecule is CCc1nc(CN2CCC[C@H](c3[nH]ncc3C)C2)c(C)[nH]1. The van der Waals surface area contributed by atoms with E-state index >= 15 is 0 Å². The van der Waals surface area contributed by atoms with Gasteiger partial charge in [-0.2, -0.15) is 5.10 Å². The van der Waals surface area contributed by atoms with E-state index in [0.717, 1.165) is 31.9 Å². The Labute approximate surface area is 126 Å². The Kier molecular flexibility index (Phi) is 4.10. The van der Waals surface area contributed by atoms with Gasteiger partial charge in [-0.15, -0.1) is 0 Å². The molecule has 0 radical (unpaired) electrons. The minimum absolute atomic E-state index is 0.575. The van der Waals surface area contributed by atoms with Crippen molar-refractivity contribution in [2.45, 2.75) is 52.5 Å². The summed E-state index contributed by atoms with van der Waals surface area (Å²) in [7, 11) is 0. The number of likely N-dealkylation sites (tertiary alicyclic amines) is 1. The van der Waals surface area contributed by atoms with Crippen LogP contribution >= 0.6 is 0 Å². The highest BCUT2D eigenvalue weighted by Crippen LogP contribution is 2.28. The topological polar surface area (TPSA) is 60.6 Å². The van der Waals surface area contributed by atoms with E-state index < -0.39 is 0 Å². The molecule has 5 nitrogen and oxygen atoms in total. The fraction of sp³-hybridized carbons (Fsp3) is 0.625. The molecule has 1 fully saturated rings. The first-order valence-electron chi connectivity index (χ1n) is 7.94. The number of hydrogen-bond donors (Lipinski definition) is 2. The van der Waals surface area contributed by atoms with Crippen LogP contribution in [0.15, 0.2) is 6.20 Å². The van der Waals surface area contributed by atoms with Gasteiger partial charge >= 0.3 is 0 Å². The molecule has 114 valence electrons. The number of rotatable bonds is 4. The van der Waals surface area contributed by atoms with Gasteiger partial charge in [-0.1, -0.05) is 6.92 Å². The van der Waals surface area contributed by atoms with Gasteiger partial charge in [0.2, 0.25) is 0 Å². The van der Waals surface area contributed by atoms with Crippen molar-refractivity contribution in [3.63, 3.8) is 0 Å². The van der Waals surface area contributed by atoms with E-state index in [1.54, 1.807) is 0 Å². The molecule has 2 aromatic heterocycles. The fourth-order valence-corrected chi connectivity index (χ4v) is 3.30. The van der Waals surface area contributed by atoms with Crippen molar-refractivity contribution in [2.75, 3.05) is 13.1 Å². The van der Waals surface area contributed by atoms with Gasteiger partial charge in [0, 0.05) is 36.8 Å². The largest absolute Gasteiger partial charge is 0.346 e. The minimum Gasteiger partial charge on any atom is -0.346 e. The monoisotopic (exact) mass is 287 g/mol. The first kappa shape index (κ1) is 14.3. The third-order valence-corrected chi connectivity index (χ3v) is 4.52. The molecule has 0 spiro atoms. The molecule has 0 bridgehead atoms. The average molecular weight is 287 g/mol. The molecule has 1 saturated heterocycles. The third-order valence-electron chi connectivity index (χ3n) is 4.52. The molecule has 0 saturated carbocycles. The standard InChI is InChI=1S/C16H25N5/c1-4-15-18-12(3)14(19-15)10-21-7-5-6-13(9-21)16-11(2)8-17-20-16/h8,13H,4-7,9-10H2,1-3H3,(H,17,20)(H,18,19)/t13-/m0/s1. The third kappa shape index (κ3) is 3.02. The Morgan fingerprint density at radius 2 is 2.24 bits per heavy atom. The van der Waals surface area contributed by atoms with E-state index in [0.29, 0.717) is 5.92 Å². The van der Waals surface area contributed by atoms with Gasteiger partial charge in [0.05, 0.1) is 11.9 Å². The molecule has 0 amide bonds. The second-order valence-corrected chi connectivity index (χ2v) is 6.15. The maximum absolute atomic E-state index is 4.71. The molecule has 3 rings (SSSR count). The molecule has 1 aliphatic heterocycles. The van der Waals surface area contributed by atoms with Gasteiger partial charge in [0.1, 0.15) is 5.82 Å². The van der Waals surface area contributed by atoms with Gasteiger partial charge in [-0.3, -0.25) is 10.00 Å². The maximum Gasteiger partial charge on any atom is 0.106 e. The number of hydrogen-bond acceptors (Lipinski definition) is 3. The summed E-state index contributed by atoms with van der Waals surface area (Å²) in [4.78, 5) is 10.6. The van der Waals surface area contributed by atoms with Crippen LogP contribution in [0, 0.1) is 13.8 Å². The molecule has 2 N–H and O–H groups in total. The van der Waals surface area contributed by atoms with Gasteiger partial charge in [-0.05, 0) is 38.8 Å². The van der Waals surface area contributed by atoms with Crippen molar-refractivity contribution in [1.29, 1.82) is 0 Å². The van der Waals surface area contributed by atoms with Crippen LogP contribution < -0.4 is 0 Å². The second kappa shape index (κ2) is 6.02. The highest BCUT2D eigenvalue weighted by molar-refractivity contribution is 5.20. The van der Waals surface area contributed by atoms with E-state index in [4.69, 9.17) is 4.98 Å². The molecule has 2 aromatic rings. The number of aromatic nitrogens is 4. The predicted octanol–water partition coefficient (Wildman–Crippen LogP) is 2.69. The lowest BCUT2D eigenvalue weighted by atomic mass is 9.93. The van der Waals surface area contributed by atoms with Crippen LogP contribution in [0.25, 0.3) is 0 Å². The normalized spacial score (nSPS) is 20.0. The molecule has 0 aromatic carbocycles. The maximum atomic E-state index is 4.71. The number of nitrogens with zero attached hydrogens (tertiary/aromatic N) is 3. The molecule has 1 atom stereocenters. The number of imidazole rings is 1. The molecule has 3 heterocycles. The summed E-state index contributed by atoms with van der Waals surface area (Å²) in [6, 6.07) is 0. The molecular formula is C16H25N5. The summed E-state index contributed by atoms with van der Waals surface area (Å²) in [6.45, 7) is 9.62. The van der Waals surface area contributed by atoms with Crippen molar-refractivity contribution in [1.82, 2.24) is 25.1 Å². The molecular weight excluding hydrogens is 262 g/mol. The second-order valence-electron chi connectivity index (χ2n) is 6.15. The summed E-state index contributed by atoms with van der Waals surface area (Å²) in [5.74, 6) is 1.67. The predicted molar refractivity (Wildman–Crippen MR) is 83.3 cm³/mol. The summed E-state index contributed by atoms with van der Waals surface area (Å²) in [5, 5.41) is 7.36. The van der Waals surface area contributed by atoms with E-state index in [1.807, 2.05) is 6.20 Å². The van der Waals surface area contributed by atoms with Gasteiger partial charge in [-0.25, -0.2) is 4.98 Å². The summed E-state index contributed by atoms with van der Waals surface area (Å²) >= 11 is 0. The Hall–Kier alpha value is -1.62. The summed E-state index contributed by atoms with van der Waals surface area (Å²) in [5.41, 5.74) is 5.01. The lowest BCUT2D eigenvalue weighted by Crippen LogP contribution is -2.34. The smallest absolute Gasteiger partial charge is 0.106 e. The van der Waals surface area contributed by atoms with Gasteiger partial charge < -0.3 is 4.98 Å². The van der Waals surface area contributed by atoms with Gasteiger partial charge in [0.15, 0.2) is 0 Å². The van der Waals surface area contributed by atoms with Crippen LogP contribution in [0.4, 0.5) is 0 Å². The molecule has 5 heteroatoms. The number of H-pyrrole nitrogens is 2. The van der Waals surface area contributed by atoms with Crippen molar-refractivity contribution in [2.24, 2.45) is 0 Å². The summed E-state index contributed by atoms with van der Waals surface area (Å²) in [6.07, 6.45) is 5.39. The Morgan fingerprint density at radius 3 is 2.90 bits per heavy atom. The van der Waals surface area contributed by atoms with E-state index in [-0.39, 0.29) is 0 Å². The average Bonchev–Trinajstić information content (AvgIpc) is 3.06. The van der Waals surface area contributed by atoms with Crippen LogP contribution in [0.5, 0.6) is 0 Å². The lowest BCUT2D eigenvalue weighted by Gasteiger charge is -2.32. The van der Waals surface area contributed by atoms with Crippen molar-refractivity contribution in [3.8, 4) is 0 Å². The van der Waals surface area contributed by atoms with E-state index in [9.17, 15) is 0 Å². The first-order chi connectivity index (χ1) is 10.2. The van der Waals surface area contributed by atoms with Crippen LogP contribution in [0.3, 0.4) is 0 Å². The Morgan fingerprint density at radius 1 is 1.38 bits per heavy atom. The van der Waals surface area contributed by atoms with E-state index in [1.165, 1.54) is 35.5 Å². The molecule has 21 heavy (non-hydrogen) atoms. The van der Waals surface area contributed by atoms with Crippen molar-refractivity contribution >= 4 is 0 Å². The van der Waals surface area contributed by atoms with Crippen LogP contribution in [-0.4, -0.2) is 38.2 Å². The van der Waals surface area contributed by atoms with Crippen LogP contribution in [0.1, 0.15) is 54.2 Å². The Balaban J connectivity index is 1.69. The lowest BCUT2D eigenvalue weighted by molar-refractivity contribution is 0.196. The van der Waals surface area contributed by atoms with E-state index in [2.05, 4.69) is 40.9 Å². The molecule has 1 aliphatic rings.